The minimum absolute atomic E-state index is 0.0554. The summed E-state index contributed by atoms with van der Waals surface area (Å²) in [5, 5.41) is 3.34. The number of nitrogens with one attached hydrogen (secondary N) is 1. The number of sulfonamides is 1. The van der Waals surface area contributed by atoms with Gasteiger partial charge in [0.05, 0.1) is 10.9 Å². The molecule has 0 bridgehead atoms. The molecule has 0 unspecified atom stereocenters. The first-order valence-electron chi connectivity index (χ1n) is 7.82. The van der Waals surface area contributed by atoms with Crippen molar-refractivity contribution in [1.82, 2.24) is 9.29 Å². The van der Waals surface area contributed by atoms with Crippen molar-refractivity contribution in [1.29, 1.82) is 0 Å². The van der Waals surface area contributed by atoms with Crippen LogP contribution in [0, 0.1) is 5.92 Å². The molecule has 1 N–H and O–H groups in total. The fraction of sp³-hybridized carbons (Fsp3) is 0.714. The summed E-state index contributed by atoms with van der Waals surface area (Å²) >= 11 is 1.42. The molecule has 1 aliphatic heterocycles. The third kappa shape index (κ3) is 2.57. The minimum atomic E-state index is -3.13. The molecule has 6 nitrogen and oxygen atoms in total. The number of rotatable bonds is 4. The first kappa shape index (κ1) is 14.6. The predicted molar refractivity (Wildman–Crippen MR) is 84.1 cm³/mol. The quantitative estimate of drug-likeness (QED) is 0.904. The topological polar surface area (TPSA) is 79.4 Å². The van der Waals surface area contributed by atoms with Gasteiger partial charge in [-0.15, -0.1) is 11.3 Å². The molecule has 22 heavy (non-hydrogen) atoms. The van der Waals surface area contributed by atoms with Crippen molar-refractivity contribution in [3.8, 4) is 0 Å². The summed E-state index contributed by atoms with van der Waals surface area (Å²) in [4.78, 5) is 17.4. The predicted octanol–water partition coefficient (Wildman–Crippen LogP) is 1.73. The molecule has 8 heteroatoms. The number of carbonyl (C=O) groups excluding carboxylic acids is 1. The lowest BCUT2D eigenvalue weighted by atomic mass is 9.85. The number of aromatic nitrogens is 1. The monoisotopic (exact) mass is 341 g/mol. The largest absolute Gasteiger partial charge is 0.302 e. The Bertz CT molecular complexity index is 705. The van der Waals surface area contributed by atoms with E-state index in [0.29, 0.717) is 24.6 Å². The van der Waals surface area contributed by atoms with Gasteiger partial charge in [-0.25, -0.2) is 13.4 Å². The first-order chi connectivity index (χ1) is 10.5. The SMILES string of the molecule is O=C(Nc1nc2c(s1)CN(S(=O)(=O)C1CC1)CC2)C1CCC1. The van der Waals surface area contributed by atoms with Gasteiger partial charge in [-0.2, -0.15) is 4.31 Å². The molecule has 0 radical (unpaired) electrons. The molecule has 2 fully saturated rings. The maximum Gasteiger partial charge on any atom is 0.229 e. The molecular weight excluding hydrogens is 322 g/mol. The molecule has 2 heterocycles. The summed E-state index contributed by atoms with van der Waals surface area (Å²) < 4.78 is 26.2. The summed E-state index contributed by atoms with van der Waals surface area (Å²) in [7, 11) is -3.13. The fourth-order valence-corrected chi connectivity index (χ4v) is 5.81. The second-order valence-corrected chi connectivity index (χ2v) is 9.63. The Morgan fingerprint density at radius 2 is 2.05 bits per heavy atom. The van der Waals surface area contributed by atoms with Crippen LogP contribution in [0.25, 0.3) is 0 Å². The van der Waals surface area contributed by atoms with E-state index in [1.807, 2.05) is 0 Å². The highest BCUT2D eigenvalue weighted by molar-refractivity contribution is 7.90. The fourth-order valence-electron chi connectivity index (χ4n) is 2.90. The number of anilines is 1. The van der Waals surface area contributed by atoms with Gasteiger partial charge in [-0.05, 0) is 25.7 Å². The lowest BCUT2D eigenvalue weighted by Crippen LogP contribution is -2.37. The van der Waals surface area contributed by atoms with E-state index in [1.54, 1.807) is 4.31 Å². The second kappa shape index (κ2) is 5.28. The van der Waals surface area contributed by atoms with Crippen LogP contribution in [0.1, 0.15) is 42.7 Å². The molecular formula is C14H19N3O3S2. The van der Waals surface area contributed by atoms with Crippen molar-refractivity contribution in [2.24, 2.45) is 5.92 Å². The molecule has 2 aliphatic carbocycles. The Morgan fingerprint density at radius 3 is 2.68 bits per heavy atom. The zero-order valence-electron chi connectivity index (χ0n) is 12.2. The van der Waals surface area contributed by atoms with E-state index < -0.39 is 10.0 Å². The average Bonchev–Trinajstić information content (AvgIpc) is 3.18. The highest BCUT2D eigenvalue weighted by Gasteiger charge is 2.41. The van der Waals surface area contributed by atoms with Crippen LogP contribution in [0.2, 0.25) is 0 Å². The van der Waals surface area contributed by atoms with E-state index in [2.05, 4.69) is 10.3 Å². The number of nitrogens with zero attached hydrogens (tertiary/aromatic N) is 2. The average molecular weight is 341 g/mol. The van der Waals surface area contributed by atoms with Gasteiger partial charge >= 0.3 is 0 Å². The Morgan fingerprint density at radius 1 is 1.27 bits per heavy atom. The van der Waals surface area contributed by atoms with E-state index in [1.165, 1.54) is 11.3 Å². The maximum atomic E-state index is 12.3. The molecule has 1 amide bonds. The van der Waals surface area contributed by atoms with Crippen LogP contribution in [-0.2, 0) is 27.8 Å². The van der Waals surface area contributed by atoms with Crippen LogP contribution in [0.3, 0.4) is 0 Å². The number of thiazole rings is 1. The number of hydrogen-bond acceptors (Lipinski definition) is 5. The minimum Gasteiger partial charge on any atom is -0.302 e. The zero-order valence-corrected chi connectivity index (χ0v) is 13.9. The van der Waals surface area contributed by atoms with E-state index in [0.717, 1.165) is 42.7 Å². The maximum absolute atomic E-state index is 12.3. The Hall–Kier alpha value is -0.990. The van der Waals surface area contributed by atoms with Crippen molar-refractivity contribution in [3.05, 3.63) is 10.6 Å². The van der Waals surface area contributed by atoms with Crippen LogP contribution >= 0.6 is 11.3 Å². The second-order valence-electron chi connectivity index (χ2n) is 6.33. The smallest absolute Gasteiger partial charge is 0.229 e. The van der Waals surface area contributed by atoms with Gasteiger partial charge in [-0.1, -0.05) is 6.42 Å². The van der Waals surface area contributed by atoms with Crippen molar-refractivity contribution in [2.45, 2.75) is 50.3 Å². The molecule has 0 spiro atoms. The van der Waals surface area contributed by atoms with E-state index in [9.17, 15) is 13.2 Å². The molecule has 120 valence electrons. The molecule has 0 saturated heterocycles. The lowest BCUT2D eigenvalue weighted by molar-refractivity contribution is -0.122. The van der Waals surface area contributed by atoms with E-state index in [-0.39, 0.29) is 17.1 Å². The number of fused-ring (bicyclic) bond motifs is 1. The first-order valence-corrected chi connectivity index (χ1v) is 10.1. The van der Waals surface area contributed by atoms with E-state index in [4.69, 9.17) is 0 Å². The molecule has 1 aromatic heterocycles. The van der Waals surface area contributed by atoms with Crippen LogP contribution < -0.4 is 5.32 Å². The number of amides is 1. The third-order valence-corrected chi connectivity index (χ3v) is 8.05. The summed E-state index contributed by atoms with van der Waals surface area (Å²) in [5.41, 5.74) is 0.941. The summed E-state index contributed by atoms with van der Waals surface area (Å²) in [6.07, 6.45) is 5.26. The van der Waals surface area contributed by atoms with Gasteiger partial charge in [0.25, 0.3) is 0 Å². The van der Waals surface area contributed by atoms with Crippen molar-refractivity contribution in [3.63, 3.8) is 0 Å². The zero-order chi connectivity index (χ0) is 15.3. The number of carbonyl (C=O) groups is 1. The summed E-state index contributed by atoms with van der Waals surface area (Å²) in [6, 6.07) is 0. The highest BCUT2D eigenvalue weighted by Crippen LogP contribution is 2.36. The van der Waals surface area contributed by atoms with Crippen molar-refractivity contribution >= 4 is 32.4 Å². The molecule has 4 rings (SSSR count). The van der Waals surface area contributed by atoms with Crippen molar-refractivity contribution < 1.29 is 13.2 Å². The van der Waals surface area contributed by atoms with Gasteiger partial charge in [-0.3, -0.25) is 4.79 Å². The molecule has 1 aromatic rings. The van der Waals surface area contributed by atoms with Gasteiger partial charge in [0.2, 0.25) is 15.9 Å². The van der Waals surface area contributed by atoms with Crippen LogP contribution in [0.15, 0.2) is 0 Å². The Balaban J connectivity index is 1.47. The molecule has 3 aliphatic rings. The van der Waals surface area contributed by atoms with Gasteiger partial charge in [0, 0.05) is 30.3 Å². The van der Waals surface area contributed by atoms with E-state index >= 15 is 0 Å². The van der Waals surface area contributed by atoms with Crippen LogP contribution in [0.5, 0.6) is 0 Å². The van der Waals surface area contributed by atoms with Crippen molar-refractivity contribution in [2.75, 3.05) is 11.9 Å². The summed E-state index contributed by atoms with van der Waals surface area (Å²) in [5.74, 6) is 0.187. The van der Waals surface area contributed by atoms with Gasteiger partial charge in [0.15, 0.2) is 5.13 Å². The number of hydrogen-bond donors (Lipinski definition) is 1. The summed E-state index contributed by atoms with van der Waals surface area (Å²) in [6.45, 7) is 0.913. The standard InChI is InChI=1S/C14H19N3O3S2/c18-13(9-2-1-3-9)16-14-15-11-6-7-17(8-12(11)21-14)22(19,20)10-4-5-10/h9-10H,1-8H2,(H,15,16,18). The lowest BCUT2D eigenvalue weighted by Gasteiger charge is -2.25. The van der Waals surface area contributed by atoms with Gasteiger partial charge < -0.3 is 5.32 Å². The third-order valence-electron chi connectivity index (χ3n) is 4.71. The molecule has 2 saturated carbocycles. The van der Waals surface area contributed by atoms with Crippen LogP contribution in [0.4, 0.5) is 5.13 Å². The molecule has 0 atom stereocenters. The van der Waals surface area contributed by atoms with Gasteiger partial charge in [0.1, 0.15) is 0 Å². The normalized spacial score (nSPS) is 22.9. The van der Waals surface area contributed by atoms with Crippen LogP contribution in [-0.4, -0.2) is 35.4 Å². The Kier molecular flexibility index (Phi) is 3.50. The molecule has 0 aromatic carbocycles. The Labute approximate surface area is 134 Å². The highest BCUT2D eigenvalue weighted by atomic mass is 32.2.